The highest BCUT2D eigenvalue weighted by Crippen LogP contribution is 2.02. The van der Waals surface area contributed by atoms with Gasteiger partial charge in [0, 0.05) is 39.3 Å². The summed E-state index contributed by atoms with van der Waals surface area (Å²) in [6.45, 7) is 9.64. The van der Waals surface area contributed by atoms with Crippen molar-refractivity contribution >= 4 is 5.97 Å². The number of rotatable bonds is 5. The number of ether oxygens (including phenoxy) is 1. The third-order valence-electron chi connectivity index (χ3n) is 2.74. The fourth-order valence-electron chi connectivity index (χ4n) is 1.73. The molecule has 0 atom stereocenters. The minimum Gasteiger partial charge on any atom is -0.469 e. The molecule has 1 aliphatic rings. The Morgan fingerprint density at radius 1 is 1.12 bits per heavy atom. The topological polar surface area (TPSA) is 53.0 Å². The maximum absolute atomic E-state index is 10.9. The molecule has 0 bridgehead atoms. The van der Waals surface area contributed by atoms with Gasteiger partial charge in [-0.1, -0.05) is 13.8 Å². The van der Waals surface area contributed by atoms with Crippen LogP contribution in [0.15, 0.2) is 0 Å². The van der Waals surface area contributed by atoms with Gasteiger partial charge in [0.25, 0.3) is 0 Å². The second-order valence-electron chi connectivity index (χ2n) is 3.73. The molecule has 0 aliphatic carbocycles. The van der Waals surface area contributed by atoms with Gasteiger partial charge in [0.15, 0.2) is 0 Å². The Kier molecular flexibility index (Phi) is 10.1. The summed E-state index contributed by atoms with van der Waals surface area (Å²) in [6.07, 6.45) is 0.469. The molecule has 0 unspecified atom stereocenters. The van der Waals surface area contributed by atoms with E-state index in [4.69, 9.17) is 5.11 Å². The molecule has 1 heterocycles. The summed E-state index contributed by atoms with van der Waals surface area (Å²) < 4.78 is 4.59. The van der Waals surface area contributed by atoms with Gasteiger partial charge in [0.05, 0.1) is 20.1 Å². The molecule has 1 rings (SSSR count). The molecule has 5 nitrogen and oxygen atoms in total. The lowest BCUT2D eigenvalue weighted by Gasteiger charge is -2.34. The van der Waals surface area contributed by atoms with Crippen molar-refractivity contribution in [3.63, 3.8) is 0 Å². The Labute approximate surface area is 104 Å². The van der Waals surface area contributed by atoms with E-state index >= 15 is 0 Å². The summed E-state index contributed by atoms with van der Waals surface area (Å²) in [5, 5.41) is 8.78. The average molecular weight is 246 g/mol. The van der Waals surface area contributed by atoms with Gasteiger partial charge in [-0.3, -0.25) is 9.69 Å². The first kappa shape index (κ1) is 16.4. The molecule has 0 aromatic carbocycles. The van der Waals surface area contributed by atoms with Crippen LogP contribution < -0.4 is 0 Å². The molecule has 0 amide bonds. The Morgan fingerprint density at radius 2 is 1.59 bits per heavy atom. The van der Waals surface area contributed by atoms with Crippen molar-refractivity contribution < 1.29 is 14.6 Å². The van der Waals surface area contributed by atoms with E-state index in [-0.39, 0.29) is 12.6 Å². The smallest absolute Gasteiger partial charge is 0.306 e. The first-order chi connectivity index (χ1) is 8.26. The largest absolute Gasteiger partial charge is 0.469 e. The van der Waals surface area contributed by atoms with Gasteiger partial charge in [-0.2, -0.15) is 0 Å². The quantitative estimate of drug-likeness (QED) is 0.702. The normalized spacial score (nSPS) is 17.2. The van der Waals surface area contributed by atoms with Gasteiger partial charge in [-0.15, -0.1) is 0 Å². The molecule has 0 radical (unpaired) electrons. The minimum atomic E-state index is -0.146. The fraction of sp³-hybridized carbons (Fsp3) is 0.917. The van der Waals surface area contributed by atoms with E-state index in [2.05, 4.69) is 14.5 Å². The molecule has 0 spiro atoms. The van der Waals surface area contributed by atoms with Gasteiger partial charge in [-0.05, 0) is 0 Å². The Morgan fingerprint density at radius 3 is 2.00 bits per heavy atom. The van der Waals surface area contributed by atoms with Crippen molar-refractivity contribution in [2.75, 3.05) is 53.0 Å². The van der Waals surface area contributed by atoms with E-state index < -0.39 is 0 Å². The molecule has 102 valence electrons. The van der Waals surface area contributed by atoms with Gasteiger partial charge in [0.2, 0.25) is 0 Å². The Hall–Kier alpha value is -0.650. The van der Waals surface area contributed by atoms with Crippen molar-refractivity contribution in [1.82, 2.24) is 9.80 Å². The van der Waals surface area contributed by atoms with Gasteiger partial charge >= 0.3 is 5.97 Å². The monoisotopic (exact) mass is 246 g/mol. The standard InChI is InChI=1S/C10H20N2O3.C2H6/c1-15-10(14)2-3-11-4-6-12(7-5-11)8-9-13;1-2/h13H,2-9H2,1H3;1-2H3. The van der Waals surface area contributed by atoms with Crippen LogP contribution in [0.1, 0.15) is 20.3 Å². The number of nitrogens with zero attached hydrogens (tertiary/aromatic N) is 2. The zero-order chi connectivity index (χ0) is 13.1. The molecule has 17 heavy (non-hydrogen) atoms. The summed E-state index contributed by atoms with van der Waals surface area (Å²) in [4.78, 5) is 15.4. The number of β-amino-alcohol motifs (C(OH)–C–C–N with tert-alkyl or cyclic N) is 1. The number of carbonyl (C=O) groups is 1. The number of piperazine rings is 1. The van der Waals surface area contributed by atoms with Crippen molar-refractivity contribution in [2.45, 2.75) is 20.3 Å². The van der Waals surface area contributed by atoms with Gasteiger partial charge < -0.3 is 14.7 Å². The van der Waals surface area contributed by atoms with Crippen LogP contribution in [0.25, 0.3) is 0 Å². The predicted octanol–water partition coefficient (Wildman–Crippen LogP) is 0.186. The van der Waals surface area contributed by atoms with Crippen LogP contribution in [-0.4, -0.2) is 73.9 Å². The highest BCUT2D eigenvalue weighted by Gasteiger charge is 2.16. The van der Waals surface area contributed by atoms with Crippen LogP contribution >= 0.6 is 0 Å². The predicted molar refractivity (Wildman–Crippen MR) is 67.9 cm³/mol. The lowest BCUT2D eigenvalue weighted by molar-refractivity contribution is -0.141. The Balaban J connectivity index is 0.00000121. The molecule has 0 aromatic heterocycles. The van der Waals surface area contributed by atoms with Crippen LogP contribution in [0.4, 0.5) is 0 Å². The minimum absolute atomic E-state index is 0.146. The van der Waals surface area contributed by atoms with Crippen LogP contribution in [0.2, 0.25) is 0 Å². The van der Waals surface area contributed by atoms with Crippen molar-refractivity contribution in [3.8, 4) is 0 Å². The van der Waals surface area contributed by atoms with Crippen molar-refractivity contribution in [3.05, 3.63) is 0 Å². The van der Waals surface area contributed by atoms with E-state index in [1.54, 1.807) is 0 Å². The van der Waals surface area contributed by atoms with Crippen LogP contribution in [-0.2, 0) is 9.53 Å². The summed E-state index contributed by atoms with van der Waals surface area (Å²) in [6, 6.07) is 0. The lowest BCUT2D eigenvalue weighted by Crippen LogP contribution is -2.47. The zero-order valence-corrected chi connectivity index (χ0v) is 11.3. The fourth-order valence-corrected chi connectivity index (χ4v) is 1.73. The number of carbonyl (C=O) groups excluding carboxylic acids is 1. The number of methoxy groups -OCH3 is 1. The van der Waals surface area contributed by atoms with E-state index in [1.807, 2.05) is 13.8 Å². The van der Waals surface area contributed by atoms with Gasteiger partial charge in [0.1, 0.15) is 0 Å². The maximum Gasteiger partial charge on any atom is 0.306 e. The molecular weight excluding hydrogens is 220 g/mol. The van der Waals surface area contributed by atoms with Gasteiger partial charge in [-0.25, -0.2) is 0 Å². The lowest BCUT2D eigenvalue weighted by atomic mass is 10.3. The summed E-state index contributed by atoms with van der Waals surface area (Å²) in [5.74, 6) is -0.146. The zero-order valence-electron chi connectivity index (χ0n) is 11.3. The van der Waals surface area contributed by atoms with E-state index in [0.717, 1.165) is 39.3 Å². The third kappa shape index (κ3) is 7.31. The number of hydrogen-bond donors (Lipinski definition) is 1. The molecule has 1 N–H and O–H groups in total. The highest BCUT2D eigenvalue weighted by atomic mass is 16.5. The van der Waals surface area contributed by atoms with Crippen LogP contribution in [0.5, 0.6) is 0 Å². The third-order valence-corrected chi connectivity index (χ3v) is 2.74. The van der Waals surface area contributed by atoms with E-state index in [1.165, 1.54) is 7.11 Å². The molecule has 1 aliphatic heterocycles. The summed E-state index contributed by atoms with van der Waals surface area (Å²) >= 11 is 0. The molecular formula is C12H26N2O3. The second kappa shape index (κ2) is 10.5. The molecule has 0 aromatic rings. The van der Waals surface area contributed by atoms with Crippen molar-refractivity contribution in [2.24, 2.45) is 0 Å². The number of aliphatic hydroxyl groups is 1. The number of aliphatic hydroxyl groups excluding tert-OH is 1. The molecule has 5 heteroatoms. The summed E-state index contributed by atoms with van der Waals surface area (Å²) in [5.41, 5.74) is 0. The summed E-state index contributed by atoms with van der Waals surface area (Å²) in [7, 11) is 1.42. The SMILES string of the molecule is CC.COC(=O)CCN1CCN(CCO)CC1. The van der Waals surface area contributed by atoms with E-state index in [9.17, 15) is 4.79 Å². The molecule has 0 saturated carbocycles. The Bertz CT molecular complexity index is 192. The first-order valence-electron chi connectivity index (χ1n) is 6.38. The first-order valence-corrected chi connectivity index (χ1v) is 6.38. The number of esters is 1. The van der Waals surface area contributed by atoms with Crippen LogP contribution in [0.3, 0.4) is 0 Å². The molecule has 1 saturated heterocycles. The maximum atomic E-state index is 10.9. The second-order valence-corrected chi connectivity index (χ2v) is 3.73. The molecule has 1 fully saturated rings. The highest BCUT2D eigenvalue weighted by molar-refractivity contribution is 5.69. The average Bonchev–Trinajstić information content (AvgIpc) is 2.40. The number of hydrogen-bond acceptors (Lipinski definition) is 5. The van der Waals surface area contributed by atoms with Crippen molar-refractivity contribution in [1.29, 1.82) is 0 Å². The van der Waals surface area contributed by atoms with Crippen LogP contribution in [0, 0.1) is 0 Å². The van der Waals surface area contributed by atoms with E-state index in [0.29, 0.717) is 6.42 Å².